The van der Waals surface area contributed by atoms with E-state index in [2.05, 4.69) is 135 Å². The zero-order valence-electron chi connectivity index (χ0n) is 29.7. The molecule has 0 aliphatic rings. The Kier molecular flexibility index (Phi) is 6.10. The number of nitrogens with zero attached hydrogens (tertiary/aromatic N) is 5. The highest BCUT2D eigenvalue weighted by molar-refractivity contribution is 6.29. The number of fused-ring (bicyclic) bond motifs is 14. The summed E-state index contributed by atoms with van der Waals surface area (Å²) in [4.78, 5) is 0. The SMILES string of the molecule is N#Cc1ccc(-n2c3ccccc3c3ccccc32)c(C#N)c1-n1c2ccccc2c2c3oc4c(ccc5c4c4ccccc4n5-c4ccccc4)c3ccc21. The van der Waals surface area contributed by atoms with Gasteiger partial charge in [-0.05, 0) is 72.8 Å². The monoisotopic (exact) mass is 713 g/mol. The van der Waals surface area contributed by atoms with Gasteiger partial charge in [0.05, 0.1) is 60.8 Å². The van der Waals surface area contributed by atoms with Crippen molar-refractivity contribution in [3.63, 3.8) is 0 Å². The predicted octanol–water partition coefficient (Wildman–Crippen LogP) is 12.6. The van der Waals surface area contributed by atoms with Crippen LogP contribution in [0.4, 0.5) is 0 Å². The molecule has 6 nitrogen and oxygen atoms in total. The topological polar surface area (TPSA) is 75.5 Å². The number of nitriles is 2. The molecule has 0 spiro atoms. The largest absolute Gasteiger partial charge is 0.455 e. The molecular weight excluding hydrogens is 687 g/mol. The van der Waals surface area contributed by atoms with E-state index in [4.69, 9.17) is 4.42 Å². The van der Waals surface area contributed by atoms with Crippen LogP contribution in [0.5, 0.6) is 0 Å². The van der Waals surface area contributed by atoms with Crippen LogP contribution in [0.2, 0.25) is 0 Å². The molecule has 0 atom stereocenters. The maximum atomic E-state index is 11.1. The lowest BCUT2D eigenvalue weighted by molar-refractivity contribution is 0.677. The summed E-state index contributed by atoms with van der Waals surface area (Å²) < 4.78 is 13.7. The van der Waals surface area contributed by atoms with E-state index in [9.17, 15) is 10.5 Å². The molecule has 0 bridgehead atoms. The van der Waals surface area contributed by atoms with Gasteiger partial charge >= 0.3 is 0 Å². The summed E-state index contributed by atoms with van der Waals surface area (Å²) >= 11 is 0. The summed E-state index contributed by atoms with van der Waals surface area (Å²) in [7, 11) is 0. The molecule has 12 aromatic rings. The lowest BCUT2D eigenvalue weighted by Gasteiger charge is -2.17. The average Bonchev–Trinajstić information content (AvgIpc) is 3.99. The minimum absolute atomic E-state index is 0.411. The standard InChI is InChI=1S/C50H27N5O/c51-28-30-22-25-43(54-39-18-8-4-14-32(39)33-15-5-9-19-40(33)54)38(29-52)48(30)55-42-21-11-7-17-37(42)47-45(55)27-24-35-34-23-26-44-46(49(34)56-50(35)47)36-16-6-10-20-41(36)53(44)31-12-2-1-3-13-31/h1-27H. The smallest absolute Gasteiger partial charge is 0.145 e. The molecule has 0 unspecified atom stereocenters. The van der Waals surface area contributed by atoms with Crippen molar-refractivity contribution in [2.75, 3.05) is 0 Å². The highest BCUT2D eigenvalue weighted by atomic mass is 16.3. The van der Waals surface area contributed by atoms with E-state index in [-0.39, 0.29) is 0 Å². The second-order valence-electron chi connectivity index (χ2n) is 14.3. The molecule has 4 aromatic heterocycles. The Morgan fingerprint density at radius 2 is 0.857 bits per heavy atom. The summed E-state index contributed by atoms with van der Waals surface area (Å²) in [5.41, 5.74) is 10.7. The molecule has 56 heavy (non-hydrogen) atoms. The summed E-state index contributed by atoms with van der Waals surface area (Å²) in [5, 5.41) is 30.2. The van der Waals surface area contributed by atoms with Crippen molar-refractivity contribution in [1.29, 1.82) is 10.5 Å². The lowest BCUT2D eigenvalue weighted by atomic mass is 10.0. The van der Waals surface area contributed by atoms with Crippen LogP contribution in [-0.4, -0.2) is 13.7 Å². The predicted molar refractivity (Wildman–Crippen MR) is 226 cm³/mol. The van der Waals surface area contributed by atoms with Gasteiger partial charge in [-0.2, -0.15) is 10.5 Å². The van der Waals surface area contributed by atoms with Crippen molar-refractivity contribution in [3.8, 4) is 29.2 Å². The van der Waals surface area contributed by atoms with Gasteiger partial charge in [0.25, 0.3) is 0 Å². The molecule has 6 heteroatoms. The molecule has 0 fully saturated rings. The molecule has 8 aromatic carbocycles. The normalized spacial score (nSPS) is 11.9. The van der Waals surface area contributed by atoms with Crippen LogP contribution in [0, 0.1) is 22.7 Å². The van der Waals surface area contributed by atoms with Crippen LogP contribution in [0.15, 0.2) is 168 Å². The van der Waals surface area contributed by atoms with Gasteiger partial charge in [-0.25, -0.2) is 0 Å². The third kappa shape index (κ3) is 3.86. The van der Waals surface area contributed by atoms with E-state index < -0.39 is 0 Å². The van der Waals surface area contributed by atoms with Crippen molar-refractivity contribution in [2.45, 2.75) is 0 Å². The van der Waals surface area contributed by atoms with Crippen LogP contribution in [0.25, 0.3) is 104 Å². The van der Waals surface area contributed by atoms with Gasteiger partial charge in [0.1, 0.15) is 28.9 Å². The Morgan fingerprint density at radius 1 is 0.375 bits per heavy atom. The minimum atomic E-state index is 0.411. The zero-order chi connectivity index (χ0) is 37.1. The summed E-state index contributed by atoms with van der Waals surface area (Å²) in [6, 6.07) is 61.0. The maximum Gasteiger partial charge on any atom is 0.145 e. The molecule has 4 heterocycles. The van der Waals surface area contributed by atoms with Crippen LogP contribution in [0.1, 0.15) is 11.1 Å². The number of hydrogen-bond donors (Lipinski definition) is 0. The van der Waals surface area contributed by atoms with Crippen LogP contribution < -0.4 is 0 Å². The first-order chi connectivity index (χ1) is 27.7. The number of para-hydroxylation sites is 5. The highest BCUT2D eigenvalue weighted by Crippen LogP contribution is 2.46. The van der Waals surface area contributed by atoms with E-state index in [1.165, 1.54) is 0 Å². The Labute approximate surface area is 319 Å². The van der Waals surface area contributed by atoms with Crippen molar-refractivity contribution >= 4 is 87.4 Å². The second kappa shape index (κ2) is 11.2. The van der Waals surface area contributed by atoms with Gasteiger partial charge < -0.3 is 18.1 Å². The fourth-order valence-corrected chi connectivity index (χ4v) is 9.27. The van der Waals surface area contributed by atoms with Gasteiger partial charge in [-0.1, -0.05) is 91.0 Å². The van der Waals surface area contributed by atoms with E-state index in [1.807, 2.05) is 54.6 Å². The minimum Gasteiger partial charge on any atom is -0.455 e. The van der Waals surface area contributed by atoms with Crippen molar-refractivity contribution < 1.29 is 4.42 Å². The Morgan fingerprint density at radius 3 is 1.41 bits per heavy atom. The Hall–Kier alpha value is -8.06. The lowest BCUT2D eigenvalue weighted by Crippen LogP contribution is -2.06. The fourth-order valence-electron chi connectivity index (χ4n) is 9.27. The van der Waals surface area contributed by atoms with Crippen molar-refractivity contribution in [3.05, 3.63) is 175 Å². The number of rotatable bonds is 3. The molecule has 0 saturated carbocycles. The van der Waals surface area contributed by atoms with Gasteiger partial charge in [-0.15, -0.1) is 0 Å². The van der Waals surface area contributed by atoms with Crippen molar-refractivity contribution in [1.82, 2.24) is 13.7 Å². The van der Waals surface area contributed by atoms with E-state index in [1.54, 1.807) is 0 Å². The number of furan rings is 1. The maximum absolute atomic E-state index is 11.1. The molecular formula is C50H27N5O. The summed E-state index contributed by atoms with van der Waals surface area (Å²) in [5.74, 6) is 0. The van der Waals surface area contributed by atoms with E-state index in [0.717, 1.165) is 93.0 Å². The number of hydrogen-bond acceptors (Lipinski definition) is 3. The summed E-state index contributed by atoms with van der Waals surface area (Å²) in [6.45, 7) is 0. The van der Waals surface area contributed by atoms with Crippen LogP contribution >= 0.6 is 0 Å². The molecule has 0 aliphatic carbocycles. The fraction of sp³-hybridized carbons (Fsp3) is 0. The zero-order valence-corrected chi connectivity index (χ0v) is 29.7. The van der Waals surface area contributed by atoms with E-state index >= 15 is 0 Å². The third-order valence-corrected chi connectivity index (χ3v) is 11.5. The molecule has 12 rings (SSSR count). The highest BCUT2D eigenvalue weighted by Gasteiger charge is 2.26. The number of benzene rings is 8. The van der Waals surface area contributed by atoms with Gasteiger partial charge in [0.2, 0.25) is 0 Å². The van der Waals surface area contributed by atoms with Crippen LogP contribution in [-0.2, 0) is 0 Å². The number of aromatic nitrogens is 3. The molecule has 0 saturated heterocycles. The van der Waals surface area contributed by atoms with E-state index in [0.29, 0.717) is 22.5 Å². The molecule has 0 N–H and O–H groups in total. The Bertz CT molecular complexity index is 3680. The molecule has 0 amide bonds. The van der Waals surface area contributed by atoms with Gasteiger partial charge in [0, 0.05) is 38.0 Å². The first-order valence-corrected chi connectivity index (χ1v) is 18.6. The van der Waals surface area contributed by atoms with Crippen LogP contribution in [0.3, 0.4) is 0 Å². The quantitative estimate of drug-likeness (QED) is 0.183. The van der Waals surface area contributed by atoms with Gasteiger partial charge in [-0.3, -0.25) is 0 Å². The Balaban J connectivity index is 1.20. The third-order valence-electron chi connectivity index (χ3n) is 11.5. The molecule has 258 valence electrons. The van der Waals surface area contributed by atoms with Crippen molar-refractivity contribution in [2.24, 2.45) is 0 Å². The molecule has 0 aliphatic heterocycles. The van der Waals surface area contributed by atoms with Gasteiger partial charge in [0.15, 0.2) is 0 Å². The molecule has 0 radical (unpaired) electrons. The average molecular weight is 714 g/mol. The summed E-state index contributed by atoms with van der Waals surface area (Å²) in [6.07, 6.45) is 0. The first kappa shape index (κ1) is 30.4. The first-order valence-electron chi connectivity index (χ1n) is 18.6. The second-order valence-corrected chi connectivity index (χ2v) is 14.3.